The second-order valence-electron chi connectivity index (χ2n) is 11.5. The Morgan fingerprint density at radius 2 is 0.397 bits per heavy atom. The second-order valence-corrected chi connectivity index (χ2v) is 16.2. The minimum atomic E-state index is -4.94. The summed E-state index contributed by atoms with van der Waals surface area (Å²) in [6, 6.07) is 0. The van der Waals surface area contributed by atoms with E-state index in [-0.39, 0.29) is 76.8 Å². The van der Waals surface area contributed by atoms with Gasteiger partial charge in [-0.3, -0.25) is 0 Å². The number of hydrogen-bond donors (Lipinski definition) is 0. The fourth-order valence-electron chi connectivity index (χ4n) is 5.19. The average Bonchev–Trinajstić information content (AvgIpc) is 3.49. The molecule has 3 aliphatic heterocycles. The summed E-state index contributed by atoms with van der Waals surface area (Å²) in [6.45, 7) is 20.8. The Balaban J connectivity index is -0.000000111. The topological polar surface area (TPSA) is 296 Å². The quantitative estimate of drug-likeness (QED) is 0.129. The SMILES string of the molecule is [Ni+2].[Ni+2].[Ni+3].[O-][Cl+3]([O-])([O-])[O-].[O-][Cl+3]([O-])([O-])[O-].[O-][Cl+3]([O-])([O-])[O-].[Pb+2].[S-]CCN1CCCN(CC[S-])CC1.[S-]CCN1CCCN(CC[S-])CC1.[S-]CCN1CCCN(CC[S-])CC1. The Morgan fingerprint density at radius 3 is 0.483 bits per heavy atom. The summed E-state index contributed by atoms with van der Waals surface area (Å²) in [5.41, 5.74) is 0. The van der Waals surface area contributed by atoms with Crippen LogP contribution in [0.3, 0.4) is 0 Å². The molecule has 3 saturated heterocycles. The largest absolute Gasteiger partial charge is 3.00 e. The van der Waals surface area contributed by atoms with Crippen molar-refractivity contribution in [3.8, 4) is 0 Å². The van der Waals surface area contributed by atoms with Crippen LogP contribution in [0.2, 0.25) is 0 Å². The van der Waals surface area contributed by atoms with Gasteiger partial charge >= 0.3 is 76.8 Å². The van der Waals surface area contributed by atoms with E-state index in [4.69, 9.17) is 132 Å². The van der Waals surface area contributed by atoms with E-state index >= 15 is 0 Å². The molecule has 0 aromatic rings. The van der Waals surface area contributed by atoms with E-state index in [1.54, 1.807) is 0 Å². The molecule has 0 aromatic carbocycles. The molecule has 0 amide bonds. The summed E-state index contributed by atoms with van der Waals surface area (Å²) in [5, 5.41) is 0. The molecule has 3 radical (unpaired) electrons. The van der Waals surface area contributed by atoms with Gasteiger partial charge in [-0.25, -0.2) is 55.9 Å². The maximum atomic E-state index is 8.49. The molecule has 0 saturated carbocycles. The minimum Gasteiger partial charge on any atom is -0.791 e. The van der Waals surface area contributed by atoms with Gasteiger partial charge in [0.1, 0.15) is 0 Å². The van der Waals surface area contributed by atoms with Crippen molar-refractivity contribution < 1.29 is 136 Å². The molecule has 0 aliphatic carbocycles. The molecule has 3 fully saturated rings. The Labute approximate surface area is 435 Å². The predicted octanol–water partition coefficient (Wildman–Crippen LogP) is -14.4. The number of hydrogen-bond acceptors (Lipinski definition) is 24. The average molecular weight is 1340 g/mol. The Morgan fingerprint density at radius 1 is 0.293 bits per heavy atom. The summed E-state index contributed by atoms with van der Waals surface area (Å²) in [7, 11) is -14.8. The molecule has 0 unspecified atom stereocenters. The maximum absolute atomic E-state index is 8.49. The Kier molecular flexibility index (Phi) is 65.7. The van der Waals surface area contributed by atoms with Crippen molar-refractivity contribution in [3.63, 3.8) is 0 Å². The first-order valence-corrected chi connectivity index (χ1v) is 23.9. The van der Waals surface area contributed by atoms with E-state index in [0.717, 1.165) is 73.8 Å². The van der Waals surface area contributed by atoms with Gasteiger partial charge in [-0.05, 0) is 97.8 Å². The molecule has 58 heavy (non-hydrogen) atoms. The molecule has 3 aliphatic rings. The van der Waals surface area contributed by atoms with Crippen molar-refractivity contribution in [2.24, 2.45) is 0 Å². The summed E-state index contributed by atoms with van der Waals surface area (Å²) in [4.78, 5) is 14.8. The first-order valence-electron chi connectivity index (χ1n) is 16.8. The summed E-state index contributed by atoms with van der Waals surface area (Å²) in [5.74, 6) is 5.17. The van der Waals surface area contributed by atoms with Gasteiger partial charge in [0.15, 0.2) is 0 Å². The van der Waals surface area contributed by atoms with Crippen LogP contribution < -0.4 is 55.9 Å². The molecule has 18 nitrogen and oxygen atoms in total. The zero-order valence-corrected chi connectivity index (χ0v) is 45.7. The van der Waals surface area contributed by atoms with Gasteiger partial charge in [0, 0.05) is 39.3 Å². The molecular weight excluding hydrogens is 1280 g/mol. The number of halogens is 3. The molecule has 3 heterocycles. The van der Waals surface area contributed by atoms with Crippen LogP contribution in [0.1, 0.15) is 19.3 Å². The Bertz CT molecular complexity index is 693. The van der Waals surface area contributed by atoms with Gasteiger partial charge in [-0.2, -0.15) is 34.5 Å². The van der Waals surface area contributed by atoms with E-state index in [2.05, 4.69) is 29.4 Å². The van der Waals surface area contributed by atoms with Crippen molar-refractivity contribution in [2.45, 2.75) is 19.3 Å². The molecule has 3 rings (SSSR count). The fraction of sp³-hybridized carbons (Fsp3) is 1.00. The monoisotopic (exact) mass is 1330 g/mol. The summed E-state index contributed by atoms with van der Waals surface area (Å²) in [6.07, 6.45) is 3.81. The van der Waals surface area contributed by atoms with Crippen LogP contribution in [0.4, 0.5) is 0 Å². The van der Waals surface area contributed by atoms with Crippen LogP contribution >= 0.6 is 0 Å². The molecule has 0 N–H and O–H groups in total. The van der Waals surface area contributed by atoms with Crippen LogP contribution in [-0.4, -0.2) is 209 Å². The maximum Gasteiger partial charge on any atom is 3.00 e. The summed E-state index contributed by atoms with van der Waals surface area (Å²) < 4.78 is 102. The van der Waals surface area contributed by atoms with Crippen LogP contribution in [0, 0.1) is 30.7 Å². The van der Waals surface area contributed by atoms with Gasteiger partial charge < -0.3 is 105 Å². The van der Waals surface area contributed by atoms with Crippen molar-refractivity contribution in [3.05, 3.63) is 0 Å². The molecule has 0 atom stereocenters. The third-order valence-corrected chi connectivity index (χ3v) is 8.58. The zero-order chi connectivity index (χ0) is 42.1. The summed E-state index contributed by atoms with van der Waals surface area (Å²) >= 11 is 29.9. The second kappa shape index (κ2) is 49.6. The van der Waals surface area contributed by atoms with Gasteiger partial charge in [-0.15, -0.1) is 30.7 Å². The van der Waals surface area contributed by atoms with E-state index in [1.807, 2.05) is 0 Å². The molecular formula is C27H54Cl3N6Ni3O12PbS6. The Hall–Kier alpha value is 4.65. The van der Waals surface area contributed by atoms with Crippen LogP contribution in [-0.2, 0) is 125 Å². The minimum absolute atomic E-state index is 0. The predicted molar refractivity (Wildman–Crippen MR) is 192 cm³/mol. The van der Waals surface area contributed by atoms with Gasteiger partial charge in [0.2, 0.25) is 0 Å². The third-order valence-electron chi connectivity index (χ3n) is 7.49. The van der Waals surface area contributed by atoms with Crippen molar-refractivity contribution >= 4 is 103 Å². The van der Waals surface area contributed by atoms with E-state index < -0.39 is 30.7 Å². The van der Waals surface area contributed by atoms with Crippen LogP contribution in [0.25, 0.3) is 0 Å². The van der Waals surface area contributed by atoms with Crippen molar-refractivity contribution in [1.29, 1.82) is 0 Å². The van der Waals surface area contributed by atoms with Crippen LogP contribution in [0.5, 0.6) is 0 Å². The molecule has 31 heteroatoms. The molecule has 0 bridgehead atoms. The van der Waals surface area contributed by atoms with E-state index in [0.29, 0.717) is 0 Å². The number of nitrogens with zero attached hydrogens (tertiary/aromatic N) is 6. The molecule has 0 aromatic heterocycles. The third kappa shape index (κ3) is 69.7. The smallest absolute Gasteiger partial charge is 0.791 e. The van der Waals surface area contributed by atoms with Gasteiger partial charge in [0.25, 0.3) is 0 Å². The van der Waals surface area contributed by atoms with E-state index in [9.17, 15) is 0 Å². The normalized spacial score (nSPS) is 17.7. The zero-order valence-electron chi connectivity index (χ0n) is 31.7. The first kappa shape index (κ1) is 76.9. The van der Waals surface area contributed by atoms with Gasteiger partial charge in [0.05, 0.1) is 0 Å². The van der Waals surface area contributed by atoms with Crippen molar-refractivity contribution in [2.75, 3.05) is 152 Å². The van der Waals surface area contributed by atoms with Crippen LogP contribution in [0.15, 0.2) is 0 Å². The fourth-order valence-corrected chi connectivity index (χ4v) is 6.74. The van der Waals surface area contributed by atoms with Crippen molar-refractivity contribution in [1.82, 2.24) is 29.4 Å². The first-order chi connectivity index (χ1) is 25.1. The molecule has 0 spiro atoms. The standard InChI is InChI=1S/3C9H20N2S2.3ClHO4.3Ni.Pb/c3*12-8-6-10-2-1-3-11(5-4-10)7-9-13;3*2-1(3,4)5;;;;/h3*12-13H,1-9H2;3*(H,2,3,4,5);;;;/q;;;;;;2*+2;+3;+2/p-9. The van der Waals surface area contributed by atoms with Gasteiger partial charge in [-0.1, -0.05) is 0 Å². The van der Waals surface area contributed by atoms with E-state index in [1.165, 1.54) is 97.8 Å². The number of rotatable bonds is 12. The molecule has 355 valence electrons.